The van der Waals surface area contributed by atoms with Crippen molar-refractivity contribution in [1.29, 1.82) is 0 Å². The molecule has 0 radical (unpaired) electrons. The van der Waals surface area contributed by atoms with Crippen LogP contribution in [0.15, 0.2) is 28.1 Å². The van der Waals surface area contributed by atoms with Crippen LogP contribution in [0.4, 0.5) is 0 Å². The Labute approximate surface area is 113 Å². The molecule has 1 atom stereocenters. The highest BCUT2D eigenvalue weighted by Crippen LogP contribution is 2.29. The van der Waals surface area contributed by atoms with Gasteiger partial charge in [0.25, 0.3) is 0 Å². The minimum atomic E-state index is 0.400. The van der Waals surface area contributed by atoms with Crippen molar-refractivity contribution in [2.45, 2.75) is 26.4 Å². The number of rotatable bonds is 4. The molecular weight excluding hydrogens is 302 g/mol. The molecule has 0 aliphatic rings. The summed E-state index contributed by atoms with van der Waals surface area (Å²) in [5.41, 5.74) is 0. The maximum Gasteiger partial charge on any atom is 0.0400 e. The molecule has 0 fully saturated rings. The Bertz CT molecular complexity index is 461. The normalized spacial score (nSPS) is 12.9. The molecule has 0 aliphatic heterocycles. The summed E-state index contributed by atoms with van der Waals surface area (Å²) < 4.78 is 1.21. The van der Waals surface area contributed by atoms with Gasteiger partial charge >= 0.3 is 0 Å². The number of hydrogen-bond donors (Lipinski definition) is 1. The Morgan fingerprint density at radius 1 is 1.38 bits per heavy atom. The van der Waals surface area contributed by atoms with Gasteiger partial charge in [-0.3, -0.25) is 0 Å². The Morgan fingerprint density at radius 3 is 2.75 bits per heavy atom. The summed E-state index contributed by atoms with van der Waals surface area (Å²) in [6, 6.07) is 6.88. The van der Waals surface area contributed by atoms with E-state index < -0.39 is 0 Å². The van der Waals surface area contributed by atoms with Crippen LogP contribution >= 0.6 is 38.6 Å². The van der Waals surface area contributed by atoms with Gasteiger partial charge in [-0.1, -0.05) is 0 Å². The van der Waals surface area contributed by atoms with E-state index in [0.29, 0.717) is 6.04 Å². The lowest BCUT2D eigenvalue weighted by Gasteiger charge is -2.11. The molecule has 2 aromatic heterocycles. The molecule has 0 aliphatic carbocycles. The molecule has 0 bridgehead atoms. The number of hydrogen-bond acceptors (Lipinski definition) is 3. The standard InChI is InChI=1S/C12H14BrNS2/c1-8-3-4-10(16-8)7-14-9(2)12-11(13)5-6-15-12/h3-6,9,14H,7H2,1-2H3. The number of halogens is 1. The highest BCUT2D eigenvalue weighted by Gasteiger charge is 2.10. The zero-order valence-corrected chi connectivity index (χ0v) is 12.5. The SMILES string of the molecule is Cc1ccc(CNC(C)c2sccc2Br)s1. The highest BCUT2D eigenvalue weighted by atomic mass is 79.9. The van der Waals surface area contributed by atoms with Crippen LogP contribution < -0.4 is 5.32 Å². The largest absolute Gasteiger partial charge is 0.305 e. The van der Waals surface area contributed by atoms with Gasteiger partial charge in [0, 0.05) is 31.7 Å². The Morgan fingerprint density at radius 2 is 2.19 bits per heavy atom. The van der Waals surface area contributed by atoms with Crippen LogP contribution in [-0.4, -0.2) is 0 Å². The Kier molecular flexibility index (Phi) is 4.19. The smallest absolute Gasteiger partial charge is 0.0400 e. The summed E-state index contributed by atoms with van der Waals surface area (Å²) in [5, 5.41) is 5.66. The van der Waals surface area contributed by atoms with E-state index in [9.17, 15) is 0 Å². The minimum absolute atomic E-state index is 0.400. The lowest BCUT2D eigenvalue weighted by molar-refractivity contribution is 0.585. The van der Waals surface area contributed by atoms with Crippen molar-refractivity contribution in [3.63, 3.8) is 0 Å². The fourth-order valence-electron chi connectivity index (χ4n) is 1.54. The molecule has 0 amide bonds. The Hall–Kier alpha value is -0.160. The summed E-state index contributed by atoms with van der Waals surface area (Å²) in [6.45, 7) is 5.30. The average molecular weight is 316 g/mol. The first-order chi connectivity index (χ1) is 7.66. The van der Waals surface area contributed by atoms with Crippen molar-refractivity contribution < 1.29 is 0 Å². The molecule has 2 aromatic rings. The van der Waals surface area contributed by atoms with Gasteiger partial charge in [0.2, 0.25) is 0 Å². The second kappa shape index (κ2) is 5.45. The van der Waals surface area contributed by atoms with Crippen molar-refractivity contribution >= 4 is 38.6 Å². The lowest BCUT2D eigenvalue weighted by Crippen LogP contribution is -2.16. The molecule has 0 saturated carbocycles. The van der Waals surface area contributed by atoms with Crippen molar-refractivity contribution in [2.75, 3.05) is 0 Å². The highest BCUT2D eigenvalue weighted by molar-refractivity contribution is 9.10. The van der Waals surface area contributed by atoms with Crippen molar-refractivity contribution in [1.82, 2.24) is 5.32 Å². The van der Waals surface area contributed by atoms with E-state index in [0.717, 1.165) is 6.54 Å². The zero-order valence-electron chi connectivity index (χ0n) is 9.29. The van der Waals surface area contributed by atoms with E-state index in [-0.39, 0.29) is 0 Å². The zero-order chi connectivity index (χ0) is 11.5. The van der Waals surface area contributed by atoms with E-state index in [1.165, 1.54) is 19.1 Å². The van der Waals surface area contributed by atoms with Gasteiger partial charge in [0.15, 0.2) is 0 Å². The van der Waals surface area contributed by atoms with Crippen molar-refractivity contribution in [3.05, 3.63) is 42.7 Å². The van der Waals surface area contributed by atoms with Crippen LogP contribution in [0.5, 0.6) is 0 Å². The fraction of sp³-hybridized carbons (Fsp3) is 0.333. The summed E-state index contributed by atoms with van der Waals surface area (Å²) in [5.74, 6) is 0. The molecule has 2 rings (SSSR count). The van der Waals surface area contributed by atoms with Gasteiger partial charge in [-0.2, -0.15) is 0 Å². The molecule has 4 heteroatoms. The quantitative estimate of drug-likeness (QED) is 0.860. The minimum Gasteiger partial charge on any atom is -0.305 e. The van der Waals surface area contributed by atoms with E-state index >= 15 is 0 Å². The maximum atomic E-state index is 3.57. The lowest BCUT2D eigenvalue weighted by atomic mass is 10.2. The summed E-state index contributed by atoms with van der Waals surface area (Å²) in [6.07, 6.45) is 0. The first-order valence-electron chi connectivity index (χ1n) is 5.18. The van der Waals surface area contributed by atoms with Gasteiger partial charge in [-0.25, -0.2) is 0 Å². The molecule has 0 spiro atoms. The topological polar surface area (TPSA) is 12.0 Å². The van der Waals surface area contributed by atoms with Crippen molar-refractivity contribution in [3.8, 4) is 0 Å². The van der Waals surface area contributed by atoms with Gasteiger partial charge < -0.3 is 5.32 Å². The molecule has 16 heavy (non-hydrogen) atoms. The molecule has 1 N–H and O–H groups in total. The van der Waals surface area contributed by atoms with Crippen LogP contribution in [0.1, 0.15) is 27.6 Å². The number of nitrogens with one attached hydrogen (secondary N) is 1. The van der Waals surface area contributed by atoms with Crippen LogP contribution in [0, 0.1) is 6.92 Å². The molecule has 0 aromatic carbocycles. The second-order valence-electron chi connectivity index (χ2n) is 3.75. The third-order valence-corrected chi connectivity index (χ3v) is 5.47. The summed E-state index contributed by atoms with van der Waals surface area (Å²) >= 11 is 7.22. The molecule has 0 saturated heterocycles. The van der Waals surface area contributed by atoms with E-state index in [2.05, 4.69) is 58.7 Å². The van der Waals surface area contributed by atoms with Crippen LogP contribution in [0.2, 0.25) is 0 Å². The Balaban J connectivity index is 1.93. The molecule has 1 unspecified atom stereocenters. The van der Waals surface area contributed by atoms with Gasteiger partial charge in [0.1, 0.15) is 0 Å². The monoisotopic (exact) mass is 315 g/mol. The summed E-state index contributed by atoms with van der Waals surface area (Å²) in [4.78, 5) is 4.15. The van der Waals surface area contributed by atoms with Crippen molar-refractivity contribution in [2.24, 2.45) is 0 Å². The number of aryl methyl sites for hydroxylation is 1. The second-order valence-corrected chi connectivity index (χ2v) is 6.92. The first-order valence-corrected chi connectivity index (χ1v) is 7.67. The average Bonchev–Trinajstić information content (AvgIpc) is 2.84. The number of thiophene rings is 2. The van der Waals surface area contributed by atoms with Gasteiger partial charge in [-0.05, 0) is 53.4 Å². The first kappa shape index (κ1) is 12.3. The fourth-order valence-corrected chi connectivity index (χ4v) is 4.13. The molecule has 86 valence electrons. The predicted octanol–water partition coefficient (Wildman–Crippen LogP) is 4.73. The van der Waals surface area contributed by atoms with E-state index in [1.807, 2.05) is 11.3 Å². The van der Waals surface area contributed by atoms with E-state index in [1.54, 1.807) is 11.3 Å². The third kappa shape index (κ3) is 2.94. The van der Waals surface area contributed by atoms with Crippen LogP contribution in [-0.2, 0) is 6.54 Å². The van der Waals surface area contributed by atoms with E-state index in [4.69, 9.17) is 0 Å². The predicted molar refractivity (Wildman–Crippen MR) is 76.3 cm³/mol. The maximum absolute atomic E-state index is 3.57. The third-order valence-electron chi connectivity index (χ3n) is 2.42. The van der Waals surface area contributed by atoms with Gasteiger partial charge in [-0.15, -0.1) is 22.7 Å². The molecular formula is C12H14BrNS2. The van der Waals surface area contributed by atoms with Gasteiger partial charge in [0.05, 0.1) is 0 Å². The molecule has 1 nitrogen and oxygen atoms in total. The summed E-state index contributed by atoms with van der Waals surface area (Å²) in [7, 11) is 0. The van der Waals surface area contributed by atoms with Crippen LogP contribution in [0.25, 0.3) is 0 Å². The molecule has 2 heterocycles. The van der Waals surface area contributed by atoms with Crippen LogP contribution in [0.3, 0.4) is 0 Å².